The SMILES string of the molecule is CC(C)(C)C1CCN(CC(/C(N)=N/O)c2ccccc2)C1. The van der Waals surface area contributed by atoms with E-state index < -0.39 is 0 Å². The Hall–Kier alpha value is -1.55. The van der Waals surface area contributed by atoms with Crippen LogP contribution in [0.3, 0.4) is 0 Å². The predicted octanol–water partition coefficient (Wildman–Crippen LogP) is 2.88. The Labute approximate surface area is 127 Å². The molecule has 1 fully saturated rings. The lowest BCUT2D eigenvalue weighted by molar-refractivity contribution is 0.228. The van der Waals surface area contributed by atoms with E-state index in [1.807, 2.05) is 30.3 Å². The molecule has 4 nitrogen and oxygen atoms in total. The average Bonchev–Trinajstić information content (AvgIpc) is 2.93. The first-order valence-corrected chi connectivity index (χ1v) is 7.66. The minimum atomic E-state index is -0.0464. The summed E-state index contributed by atoms with van der Waals surface area (Å²) in [4.78, 5) is 2.44. The zero-order chi connectivity index (χ0) is 15.5. The van der Waals surface area contributed by atoms with Crippen molar-refractivity contribution in [3.05, 3.63) is 35.9 Å². The zero-order valence-electron chi connectivity index (χ0n) is 13.3. The smallest absolute Gasteiger partial charge is 0.147 e. The molecule has 1 aliphatic heterocycles. The molecule has 1 saturated heterocycles. The molecular formula is C17H27N3O. The van der Waals surface area contributed by atoms with E-state index in [1.165, 1.54) is 6.42 Å². The van der Waals surface area contributed by atoms with Gasteiger partial charge in [0, 0.05) is 13.1 Å². The van der Waals surface area contributed by atoms with Crippen molar-refractivity contribution in [3.8, 4) is 0 Å². The van der Waals surface area contributed by atoms with Gasteiger partial charge in [-0.05, 0) is 29.9 Å². The van der Waals surface area contributed by atoms with Gasteiger partial charge in [0.25, 0.3) is 0 Å². The Kier molecular flexibility index (Phi) is 4.88. The maximum absolute atomic E-state index is 9.07. The summed E-state index contributed by atoms with van der Waals surface area (Å²) in [6, 6.07) is 10.1. The van der Waals surface area contributed by atoms with Crippen molar-refractivity contribution in [1.82, 2.24) is 4.90 Å². The summed E-state index contributed by atoms with van der Waals surface area (Å²) in [5.74, 6) is 0.955. The number of nitrogens with zero attached hydrogens (tertiary/aromatic N) is 2. The summed E-state index contributed by atoms with van der Waals surface area (Å²) in [6.45, 7) is 9.90. The van der Waals surface area contributed by atoms with Crippen molar-refractivity contribution >= 4 is 5.84 Å². The number of nitrogens with two attached hydrogens (primary N) is 1. The molecule has 0 aromatic heterocycles. The summed E-state index contributed by atoms with van der Waals surface area (Å²) in [6.07, 6.45) is 1.22. The van der Waals surface area contributed by atoms with Crippen molar-refractivity contribution in [1.29, 1.82) is 0 Å². The van der Waals surface area contributed by atoms with Crippen LogP contribution in [0.4, 0.5) is 0 Å². The third-order valence-electron chi connectivity index (χ3n) is 4.61. The van der Waals surface area contributed by atoms with Crippen LogP contribution < -0.4 is 5.73 Å². The molecule has 2 rings (SSSR count). The number of amidine groups is 1. The maximum atomic E-state index is 9.07. The van der Waals surface area contributed by atoms with Crippen LogP contribution in [-0.2, 0) is 0 Å². The summed E-state index contributed by atoms with van der Waals surface area (Å²) >= 11 is 0. The van der Waals surface area contributed by atoms with E-state index in [0.717, 1.165) is 25.2 Å². The van der Waals surface area contributed by atoms with Gasteiger partial charge in [-0.1, -0.05) is 56.3 Å². The van der Waals surface area contributed by atoms with Gasteiger partial charge in [-0.2, -0.15) is 0 Å². The highest BCUT2D eigenvalue weighted by atomic mass is 16.4. The number of hydrogen-bond acceptors (Lipinski definition) is 3. The molecular weight excluding hydrogens is 262 g/mol. The Balaban J connectivity index is 2.08. The second kappa shape index (κ2) is 6.48. The normalized spacial score (nSPS) is 22.4. The van der Waals surface area contributed by atoms with Crippen LogP contribution in [0.1, 0.15) is 38.7 Å². The van der Waals surface area contributed by atoms with Crippen molar-refractivity contribution in [3.63, 3.8) is 0 Å². The lowest BCUT2D eigenvalue weighted by atomic mass is 9.80. The second-order valence-electron chi connectivity index (χ2n) is 7.10. The number of rotatable bonds is 4. The predicted molar refractivity (Wildman–Crippen MR) is 86.6 cm³/mol. The summed E-state index contributed by atoms with van der Waals surface area (Å²) in [7, 11) is 0. The molecule has 4 heteroatoms. The van der Waals surface area contributed by atoms with E-state index in [-0.39, 0.29) is 5.92 Å². The van der Waals surface area contributed by atoms with Gasteiger partial charge in [-0.15, -0.1) is 0 Å². The standard InChI is InChI=1S/C17H27N3O/c1-17(2,3)14-9-10-20(11-14)12-15(16(18)19-21)13-7-5-4-6-8-13/h4-8,14-15,21H,9-12H2,1-3H3,(H2,18,19). The number of hydrogen-bond donors (Lipinski definition) is 2. The van der Waals surface area contributed by atoms with Crippen molar-refractivity contribution in [2.45, 2.75) is 33.1 Å². The molecule has 1 aromatic carbocycles. The first-order chi connectivity index (χ1) is 9.91. The van der Waals surface area contributed by atoms with Crippen LogP contribution in [0, 0.1) is 11.3 Å². The first-order valence-electron chi connectivity index (χ1n) is 7.66. The molecule has 1 aromatic rings. The monoisotopic (exact) mass is 289 g/mol. The van der Waals surface area contributed by atoms with Crippen LogP contribution in [0.25, 0.3) is 0 Å². The van der Waals surface area contributed by atoms with E-state index >= 15 is 0 Å². The molecule has 2 atom stereocenters. The highest BCUT2D eigenvalue weighted by molar-refractivity contribution is 5.87. The van der Waals surface area contributed by atoms with Crippen LogP contribution >= 0.6 is 0 Å². The lowest BCUT2D eigenvalue weighted by Crippen LogP contribution is -2.35. The Morgan fingerprint density at radius 1 is 1.38 bits per heavy atom. The molecule has 3 N–H and O–H groups in total. The molecule has 1 aliphatic rings. The first kappa shape index (κ1) is 15.8. The molecule has 21 heavy (non-hydrogen) atoms. The maximum Gasteiger partial charge on any atom is 0.147 e. The highest BCUT2D eigenvalue weighted by Gasteiger charge is 2.33. The minimum Gasteiger partial charge on any atom is -0.409 e. The largest absolute Gasteiger partial charge is 0.409 e. The molecule has 0 saturated carbocycles. The highest BCUT2D eigenvalue weighted by Crippen LogP contribution is 2.34. The van der Waals surface area contributed by atoms with E-state index in [4.69, 9.17) is 10.9 Å². The van der Waals surface area contributed by atoms with Gasteiger partial charge in [-0.3, -0.25) is 0 Å². The molecule has 0 amide bonds. The van der Waals surface area contributed by atoms with Gasteiger partial charge in [-0.25, -0.2) is 0 Å². The van der Waals surface area contributed by atoms with Gasteiger partial charge in [0.05, 0.1) is 5.92 Å². The fraction of sp³-hybridized carbons (Fsp3) is 0.588. The summed E-state index contributed by atoms with van der Waals surface area (Å²) < 4.78 is 0. The number of oxime groups is 1. The topological polar surface area (TPSA) is 61.8 Å². The molecule has 116 valence electrons. The summed E-state index contributed by atoms with van der Waals surface area (Å²) in [5, 5.41) is 12.3. The fourth-order valence-electron chi connectivity index (χ4n) is 3.09. The minimum absolute atomic E-state index is 0.0464. The van der Waals surface area contributed by atoms with Crippen LogP contribution in [0.15, 0.2) is 35.5 Å². The number of likely N-dealkylation sites (tertiary alicyclic amines) is 1. The quantitative estimate of drug-likeness (QED) is 0.388. The van der Waals surface area contributed by atoms with E-state index in [0.29, 0.717) is 17.2 Å². The number of benzene rings is 1. The third-order valence-corrected chi connectivity index (χ3v) is 4.61. The van der Waals surface area contributed by atoms with Crippen LogP contribution in [-0.4, -0.2) is 35.6 Å². The molecule has 0 aliphatic carbocycles. The molecule has 2 unspecified atom stereocenters. The molecule has 0 radical (unpaired) electrons. The molecule has 0 bridgehead atoms. The molecule has 1 heterocycles. The zero-order valence-corrected chi connectivity index (χ0v) is 13.3. The van der Waals surface area contributed by atoms with Crippen LogP contribution in [0.2, 0.25) is 0 Å². The van der Waals surface area contributed by atoms with Gasteiger partial charge in [0.1, 0.15) is 5.84 Å². The van der Waals surface area contributed by atoms with E-state index in [1.54, 1.807) is 0 Å². The Bertz CT molecular complexity index is 479. The second-order valence-corrected chi connectivity index (χ2v) is 7.10. The van der Waals surface area contributed by atoms with Gasteiger partial charge < -0.3 is 15.8 Å². The van der Waals surface area contributed by atoms with Crippen LogP contribution in [0.5, 0.6) is 0 Å². The third kappa shape index (κ3) is 3.97. The van der Waals surface area contributed by atoms with Crippen molar-refractivity contribution < 1.29 is 5.21 Å². The van der Waals surface area contributed by atoms with Crippen molar-refractivity contribution in [2.24, 2.45) is 22.2 Å². The Morgan fingerprint density at radius 3 is 2.57 bits per heavy atom. The Morgan fingerprint density at radius 2 is 2.05 bits per heavy atom. The van der Waals surface area contributed by atoms with Crippen molar-refractivity contribution in [2.75, 3.05) is 19.6 Å². The van der Waals surface area contributed by atoms with E-state index in [2.05, 4.69) is 30.8 Å². The van der Waals surface area contributed by atoms with Gasteiger partial charge >= 0.3 is 0 Å². The van der Waals surface area contributed by atoms with E-state index in [9.17, 15) is 0 Å². The van der Waals surface area contributed by atoms with Gasteiger partial charge in [0.2, 0.25) is 0 Å². The fourth-order valence-corrected chi connectivity index (χ4v) is 3.09. The molecule has 0 spiro atoms. The lowest BCUT2D eigenvalue weighted by Gasteiger charge is -2.28. The van der Waals surface area contributed by atoms with Gasteiger partial charge in [0.15, 0.2) is 0 Å². The average molecular weight is 289 g/mol. The summed E-state index contributed by atoms with van der Waals surface area (Å²) in [5.41, 5.74) is 7.37.